The predicted octanol–water partition coefficient (Wildman–Crippen LogP) is 4.35. The molecule has 0 saturated carbocycles. The molecule has 0 bridgehead atoms. The lowest BCUT2D eigenvalue weighted by Gasteiger charge is -2.07. The van der Waals surface area contributed by atoms with Crippen LogP contribution in [-0.2, 0) is 0 Å². The summed E-state index contributed by atoms with van der Waals surface area (Å²) in [5.41, 5.74) is -0.128. The Morgan fingerprint density at radius 2 is 1.82 bits per heavy atom. The number of ether oxygens (including phenoxy) is 1. The lowest BCUT2D eigenvalue weighted by atomic mass is 10.1. The molecular weight excluding hydrogens is 368 g/mol. The first-order valence-corrected chi connectivity index (χ1v) is 8.17. The third kappa shape index (κ3) is 3.37. The molecule has 4 aromatic rings. The minimum atomic E-state index is -0.962. The van der Waals surface area contributed by atoms with E-state index in [4.69, 9.17) is 9.15 Å². The quantitative estimate of drug-likeness (QED) is 0.391. The molecule has 4 rings (SSSR count). The van der Waals surface area contributed by atoms with Gasteiger partial charge in [-0.2, -0.15) is 0 Å². The van der Waals surface area contributed by atoms with E-state index in [1.807, 2.05) is 0 Å². The van der Waals surface area contributed by atoms with Crippen LogP contribution in [0.2, 0.25) is 0 Å². The molecular formula is C21H11F2NO4. The summed E-state index contributed by atoms with van der Waals surface area (Å²) in [4.78, 5) is 28.1. The van der Waals surface area contributed by atoms with Crippen LogP contribution in [-0.4, -0.2) is 11.0 Å². The van der Waals surface area contributed by atoms with E-state index < -0.39 is 23.0 Å². The summed E-state index contributed by atoms with van der Waals surface area (Å²) >= 11 is 0. The molecule has 0 aliphatic rings. The van der Waals surface area contributed by atoms with Gasteiger partial charge in [0.15, 0.2) is 16.8 Å². The number of aromatic nitrogens is 1. The Bertz CT molecular complexity index is 1240. The Labute approximate surface area is 156 Å². The third-order valence-electron chi connectivity index (χ3n) is 3.99. The summed E-state index contributed by atoms with van der Waals surface area (Å²) < 4.78 is 38.0. The summed E-state index contributed by atoms with van der Waals surface area (Å²) in [5.74, 6) is -2.01. The van der Waals surface area contributed by atoms with Gasteiger partial charge in [-0.3, -0.25) is 9.78 Å². The first-order valence-electron chi connectivity index (χ1n) is 8.17. The van der Waals surface area contributed by atoms with Crippen molar-refractivity contribution in [2.24, 2.45) is 0 Å². The molecule has 0 radical (unpaired) electrons. The number of hydrogen-bond acceptors (Lipinski definition) is 5. The van der Waals surface area contributed by atoms with Gasteiger partial charge in [0, 0.05) is 30.1 Å². The molecule has 2 aromatic carbocycles. The molecule has 7 heteroatoms. The average molecular weight is 379 g/mol. The Kier molecular flexibility index (Phi) is 4.41. The van der Waals surface area contributed by atoms with Crippen LogP contribution in [0, 0.1) is 11.6 Å². The van der Waals surface area contributed by atoms with E-state index in [1.54, 1.807) is 30.5 Å². The van der Waals surface area contributed by atoms with Crippen molar-refractivity contribution in [3.63, 3.8) is 0 Å². The van der Waals surface area contributed by atoms with Crippen molar-refractivity contribution in [1.29, 1.82) is 0 Å². The molecule has 5 nitrogen and oxygen atoms in total. The molecule has 0 fully saturated rings. The highest BCUT2D eigenvalue weighted by Crippen LogP contribution is 2.26. The number of nitrogens with zero attached hydrogens (tertiary/aromatic N) is 1. The summed E-state index contributed by atoms with van der Waals surface area (Å²) in [6.45, 7) is 0. The van der Waals surface area contributed by atoms with Crippen molar-refractivity contribution >= 4 is 16.9 Å². The van der Waals surface area contributed by atoms with E-state index in [0.717, 1.165) is 12.1 Å². The Morgan fingerprint density at radius 3 is 2.54 bits per heavy atom. The second kappa shape index (κ2) is 7.03. The molecule has 0 atom stereocenters. The highest BCUT2D eigenvalue weighted by Gasteiger charge is 2.13. The summed E-state index contributed by atoms with van der Waals surface area (Å²) in [7, 11) is 0. The highest BCUT2D eigenvalue weighted by atomic mass is 19.1. The van der Waals surface area contributed by atoms with Gasteiger partial charge in [0.1, 0.15) is 17.3 Å². The maximum Gasteiger partial charge on any atom is 0.345 e. The number of fused-ring (bicyclic) bond motifs is 1. The van der Waals surface area contributed by atoms with E-state index in [2.05, 4.69) is 4.98 Å². The molecule has 0 saturated heterocycles. The van der Waals surface area contributed by atoms with Gasteiger partial charge in [-0.05, 0) is 42.5 Å². The fourth-order valence-corrected chi connectivity index (χ4v) is 2.66. The van der Waals surface area contributed by atoms with Gasteiger partial charge in [0.05, 0.1) is 10.9 Å². The topological polar surface area (TPSA) is 69.4 Å². The van der Waals surface area contributed by atoms with Crippen molar-refractivity contribution in [3.05, 3.63) is 94.4 Å². The molecule has 0 aliphatic carbocycles. The number of pyridine rings is 1. The number of carbonyl (C=O) groups excluding carboxylic acids is 1. The normalized spacial score (nSPS) is 10.8. The van der Waals surface area contributed by atoms with Gasteiger partial charge in [0.25, 0.3) is 0 Å². The molecule has 0 unspecified atom stereocenters. The van der Waals surface area contributed by atoms with Crippen LogP contribution in [0.3, 0.4) is 0 Å². The van der Waals surface area contributed by atoms with E-state index in [-0.39, 0.29) is 22.5 Å². The SMILES string of the molecule is O=C(Oc1ccc(-c2cc(=O)c3cc(F)cc(F)c3o2)cc1)c1cccnc1. The molecule has 0 amide bonds. The Balaban J connectivity index is 1.64. The van der Waals surface area contributed by atoms with Gasteiger partial charge < -0.3 is 9.15 Å². The number of benzene rings is 2. The van der Waals surface area contributed by atoms with Crippen LogP contribution in [0.15, 0.2) is 76.2 Å². The smallest absolute Gasteiger partial charge is 0.345 e. The van der Waals surface area contributed by atoms with Gasteiger partial charge in [0.2, 0.25) is 0 Å². The lowest BCUT2D eigenvalue weighted by molar-refractivity contribution is 0.0734. The molecule has 2 heterocycles. The maximum atomic E-state index is 14.0. The standard InChI is InChI=1S/C21H11F2NO4/c22-14-8-16-18(25)10-19(28-20(16)17(23)9-14)12-3-5-15(6-4-12)27-21(26)13-2-1-7-24-11-13/h1-11H. The fourth-order valence-electron chi connectivity index (χ4n) is 2.66. The number of esters is 1. The molecule has 2 aromatic heterocycles. The second-order valence-corrected chi connectivity index (χ2v) is 5.89. The van der Waals surface area contributed by atoms with Gasteiger partial charge in [-0.15, -0.1) is 0 Å². The first kappa shape index (κ1) is 17.5. The molecule has 138 valence electrons. The monoisotopic (exact) mass is 379 g/mol. The largest absolute Gasteiger partial charge is 0.453 e. The van der Waals surface area contributed by atoms with E-state index in [9.17, 15) is 18.4 Å². The zero-order valence-corrected chi connectivity index (χ0v) is 14.2. The van der Waals surface area contributed by atoms with Crippen molar-refractivity contribution in [1.82, 2.24) is 4.98 Å². The van der Waals surface area contributed by atoms with E-state index >= 15 is 0 Å². The molecule has 0 aliphatic heterocycles. The summed E-state index contributed by atoms with van der Waals surface area (Å²) in [6.07, 6.45) is 2.93. The number of carbonyl (C=O) groups is 1. The maximum absolute atomic E-state index is 14.0. The van der Waals surface area contributed by atoms with Crippen LogP contribution in [0.1, 0.15) is 10.4 Å². The van der Waals surface area contributed by atoms with Crippen LogP contribution in [0.4, 0.5) is 8.78 Å². The zero-order chi connectivity index (χ0) is 19.7. The highest BCUT2D eigenvalue weighted by molar-refractivity contribution is 5.90. The van der Waals surface area contributed by atoms with Crippen molar-refractivity contribution in [3.8, 4) is 17.1 Å². The van der Waals surface area contributed by atoms with E-state index in [1.165, 1.54) is 18.3 Å². The van der Waals surface area contributed by atoms with E-state index in [0.29, 0.717) is 17.2 Å². The first-order chi connectivity index (χ1) is 13.5. The van der Waals surface area contributed by atoms with Crippen molar-refractivity contribution in [2.45, 2.75) is 0 Å². The number of hydrogen-bond donors (Lipinski definition) is 0. The number of rotatable bonds is 3. The zero-order valence-electron chi connectivity index (χ0n) is 14.2. The summed E-state index contributed by atoms with van der Waals surface area (Å²) in [5, 5.41) is -0.178. The lowest BCUT2D eigenvalue weighted by Crippen LogP contribution is -2.08. The van der Waals surface area contributed by atoms with Crippen LogP contribution >= 0.6 is 0 Å². The Morgan fingerprint density at radius 1 is 1.04 bits per heavy atom. The number of halogens is 2. The molecule has 0 N–H and O–H groups in total. The van der Waals surface area contributed by atoms with Crippen LogP contribution < -0.4 is 10.2 Å². The molecule has 28 heavy (non-hydrogen) atoms. The van der Waals surface area contributed by atoms with Crippen LogP contribution in [0.5, 0.6) is 5.75 Å². The minimum Gasteiger partial charge on any atom is -0.453 e. The fraction of sp³-hybridized carbons (Fsp3) is 0. The predicted molar refractivity (Wildman–Crippen MR) is 97.0 cm³/mol. The average Bonchev–Trinajstić information content (AvgIpc) is 2.70. The molecule has 0 spiro atoms. The third-order valence-corrected chi connectivity index (χ3v) is 3.99. The second-order valence-electron chi connectivity index (χ2n) is 5.89. The van der Waals surface area contributed by atoms with Gasteiger partial charge in [-0.1, -0.05) is 0 Å². The van der Waals surface area contributed by atoms with Crippen LogP contribution in [0.25, 0.3) is 22.3 Å². The van der Waals surface area contributed by atoms with Gasteiger partial charge >= 0.3 is 5.97 Å². The van der Waals surface area contributed by atoms with Crippen molar-refractivity contribution < 1.29 is 22.7 Å². The van der Waals surface area contributed by atoms with Gasteiger partial charge in [-0.25, -0.2) is 13.6 Å². The minimum absolute atomic E-state index is 0.105. The Hall–Kier alpha value is -3.87. The van der Waals surface area contributed by atoms with Crippen molar-refractivity contribution in [2.75, 3.05) is 0 Å². The summed E-state index contributed by atoms with van der Waals surface area (Å²) in [6, 6.07) is 12.0.